The Labute approximate surface area is 185 Å². The molecule has 0 bridgehead atoms. The van der Waals surface area contributed by atoms with E-state index in [-0.39, 0.29) is 24.0 Å². The Morgan fingerprint density at radius 2 is 2.15 bits per heavy atom. The van der Waals surface area contributed by atoms with Crippen molar-refractivity contribution in [2.45, 2.75) is 43.7 Å². The van der Waals surface area contributed by atoms with Crippen LogP contribution in [0.25, 0.3) is 0 Å². The molecule has 0 amide bonds. The summed E-state index contributed by atoms with van der Waals surface area (Å²) >= 11 is 1.77. The Morgan fingerprint density at radius 1 is 1.37 bits per heavy atom. The van der Waals surface area contributed by atoms with Gasteiger partial charge in [0.15, 0.2) is 5.96 Å². The first kappa shape index (κ1) is 24.5. The minimum atomic E-state index is 0. The molecule has 154 valence electrons. The molecule has 1 aromatic rings. The zero-order chi connectivity index (χ0) is 18.6. The fraction of sp³-hybridized carbons (Fsp3) is 0.650. The van der Waals surface area contributed by atoms with Crippen LogP contribution >= 0.6 is 35.7 Å². The van der Waals surface area contributed by atoms with Crippen LogP contribution in [0, 0.1) is 0 Å². The highest BCUT2D eigenvalue weighted by molar-refractivity contribution is 14.0. The van der Waals surface area contributed by atoms with Crippen LogP contribution in [0.4, 0.5) is 0 Å². The maximum Gasteiger partial charge on any atom is 0.193 e. The summed E-state index contributed by atoms with van der Waals surface area (Å²) in [5.41, 5.74) is 1.29. The Hall–Kier alpha value is -0.510. The van der Waals surface area contributed by atoms with Gasteiger partial charge in [-0.05, 0) is 50.1 Å². The molecule has 0 aromatic heterocycles. The normalized spacial score (nSPS) is 16.9. The van der Waals surface area contributed by atoms with E-state index in [9.17, 15) is 0 Å². The summed E-state index contributed by atoms with van der Waals surface area (Å²) < 4.78 is 11.3. The maximum absolute atomic E-state index is 5.71. The van der Waals surface area contributed by atoms with E-state index in [0.29, 0.717) is 6.10 Å². The van der Waals surface area contributed by atoms with Gasteiger partial charge in [-0.3, -0.25) is 4.99 Å². The van der Waals surface area contributed by atoms with Crippen molar-refractivity contribution in [3.05, 3.63) is 29.8 Å². The summed E-state index contributed by atoms with van der Waals surface area (Å²) in [6.07, 6.45) is 5.63. The zero-order valence-corrected chi connectivity index (χ0v) is 19.9. The fourth-order valence-electron chi connectivity index (χ4n) is 2.89. The molecule has 1 unspecified atom stereocenters. The van der Waals surface area contributed by atoms with Crippen LogP contribution in [-0.4, -0.2) is 63.2 Å². The number of hydrogen-bond donors (Lipinski definition) is 1. The summed E-state index contributed by atoms with van der Waals surface area (Å²) in [6, 6.07) is 8.71. The second-order valence-corrected chi connectivity index (χ2v) is 7.38. The molecule has 1 aliphatic heterocycles. The van der Waals surface area contributed by atoms with E-state index in [1.165, 1.54) is 10.5 Å². The number of halogens is 1. The van der Waals surface area contributed by atoms with Gasteiger partial charge < -0.3 is 19.7 Å². The average Bonchev–Trinajstić information content (AvgIpc) is 3.17. The van der Waals surface area contributed by atoms with Crippen molar-refractivity contribution in [1.29, 1.82) is 0 Å². The number of nitrogens with zero attached hydrogens (tertiary/aromatic N) is 2. The molecule has 0 saturated carbocycles. The van der Waals surface area contributed by atoms with E-state index in [4.69, 9.17) is 14.5 Å². The molecule has 1 saturated heterocycles. The Kier molecular flexibility index (Phi) is 13.2. The van der Waals surface area contributed by atoms with Crippen molar-refractivity contribution < 1.29 is 9.47 Å². The van der Waals surface area contributed by atoms with Crippen LogP contribution in [0.1, 0.15) is 31.7 Å². The van der Waals surface area contributed by atoms with Gasteiger partial charge in [0.1, 0.15) is 0 Å². The highest BCUT2D eigenvalue weighted by Gasteiger charge is 2.14. The minimum absolute atomic E-state index is 0. The monoisotopic (exact) mass is 507 g/mol. The number of benzene rings is 1. The smallest absolute Gasteiger partial charge is 0.193 e. The average molecular weight is 507 g/mol. The third kappa shape index (κ3) is 9.49. The summed E-state index contributed by atoms with van der Waals surface area (Å²) in [7, 11) is 2.08. The van der Waals surface area contributed by atoms with Crippen molar-refractivity contribution >= 4 is 41.7 Å². The topological polar surface area (TPSA) is 46.1 Å². The minimum Gasteiger partial charge on any atom is -0.379 e. The lowest BCUT2D eigenvalue weighted by Crippen LogP contribution is -2.38. The van der Waals surface area contributed by atoms with Crippen LogP contribution < -0.4 is 5.32 Å². The van der Waals surface area contributed by atoms with Crippen LogP contribution in [0.3, 0.4) is 0 Å². The summed E-state index contributed by atoms with van der Waals surface area (Å²) in [5, 5.41) is 3.37. The van der Waals surface area contributed by atoms with Crippen LogP contribution in [-0.2, 0) is 16.0 Å². The van der Waals surface area contributed by atoms with Gasteiger partial charge in [-0.25, -0.2) is 0 Å². The quantitative estimate of drug-likeness (QED) is 0.171. The predicted molar refractivity (Wildman–Crippen MR) is 125 cm³/mol. The largest absolute Gasteiger partial charge is 0.379 e. The van der Waals surface area contributed by atoms with Crippen molar-refractivity contribution in [3.8, 4) is 0 Å². The molecule has 0 aliphatic carbocycles. The van der Waals surface area contributed by atoms with Crippen molar-refractivity contribution in [2.75, 3.05) is 46.2 Å². The fourth-order valence-corrected chi connectivity index (χ4v) is 3.30. The van der Waals surface area contributed by atoms with Gasteiger partial charge in [0.25, 0.3) is 0 Å². The van der Waals surface area contributed by atoms with Gasteiger partial charge in [-0.2, -0.15) is 0 Å². The van der Waals surface area contributed by atoms with Gasteiger partial charge in [0.2, 0.25) is 0 Å². The molecule has 7 heteroatoms. The highest BCUT2D eigenvalue weighted by atomic mass is 127. The molecule has 1 aliphatic rings. The Morgan fingerprint density at radius 3 is 2.78 bits per heavy atom. The van der Waals surface area contributed by atoms with Gasteiger partial charge in [0.05, 0.1) is 12.7 Å². The first-order chi connectivity index (χ1) is 12.7. The molecular formula is C20H34IN3O2S. The molecule has 1 N–H and O–H groups in total. The van der Waals surface area contributed by atoms with Crippen LogP contribution in [0.5, 0.6) is 0 Å². The van der Waals surface area contributed by atoms with E-state index in [2.05, 4.69) is 54.7 Å². The summed E-state index contributed by atoms with van der Waals surface area (Å²) in [5.74, 6) is 0.945. The number of aliphatic imine (C=N–C) groups is 1. The number of guanidine groups is 1. The second kappa shape index (κ2) is 14.5. The van der Waals surface area contributed by atoms with Crippen molar-refractivity contribution in [3.63, 3.8) is 0 Å². The van der Waals surface area contributed by atoms with E-state index < -0.39 is 0 Å². The number of thioether (sulfide) groups is 1. The molecule has 5 nitrogen and oxygen atoms in total. The van der Waals surface area contributed by atoms with E-state index in [1.807, 2.05) is 0 Å². The molecule has 2 rings (SSSR count). The van der Waals surface area contributed by atoms with Gasteiger partial charge in [-0.15, -0.1) is 35.7 Å². The number of hydrogen-bond acceptors (Lipinski definition) is 4. The molecule has 0 spiro atoms. The molecule has 1 aromatic carbocycles. The lowest BCUT2D eigenvalue weighted by molar-refractivity contribution is 0.0170. The van der Waals surface area contributed by atoms with E-state index in [1.54, 1.807) is 11.8 Å². The molecular weight excluding hydrogens is 473 g/mol. The lowest BCUT2D eigenvalue weighted by atomic mass is 10.2. The third-order valence-electron chi connectivity index (χ3n) is 4.31. The summed E-state index contributed by atoms with van der Waals surface area (Å²) in [6.45, 7) is 6.92. The highest BCUT2D eigenvalue weighted by Crippen LogP contribution is 2.15. The van der Waals surface area contributed by atoms with E-state index >= 15 is 0 Å². The molecule has 1 heterocycles. The first-order valence-electron chi connectivity index (χ1n) is 9.54. The maximum atomic E-state index is 5.71. The van der Waals surface area contributed by atoms with E-state index in [0.717, 1.165) is 64.7 Å². The van der Waals surface area contributed by atoms with Gasteiger partial charge in [0, 0.05) is 44.8 Å². The number of nitrogens with one attached hydrogen (secondary N) is 1. The standard InChI is InChI=1S/C20H33N3O2S.HI/c1-4-21-20(22-12-6-13-24-16-18-7-5-14-25-18)23(2)15-17-8-10-19(26-3)11-9-17;/h8-11,18H,4-7,12-16H2,1-3H3,(H,21,22);1H. The van der Waals surface area contributed by atoms with Gasteiger partial charge >= 0.3 is 0 Å². The number of rotatable bonds is 10. The molecule has 1 atom stereocenters. The lowest BCUT2D eigenvalue weighted by Gasteiger charge is -2.22. The molecule has 0 radical (unpaired) electrons. The summed E-state index contributed by atoms with van der Waals surface area (Å²) in [4.78, 5) is 8.19. The Balaban J connectivity index is 0.00000364. The zero-order valence-electron chi connectivity index (χ0n) is 16.8. The van der Waals surface area contributed by atoms with Crippen LogP contribution in [0.15, 0.2) is 34.2 Å². The van der Waals surface area contributed by atoms with Crippen molar-refractivity contribution in [1.82, 2.24) is 10.2 Å². The third-order valence-corrected chi connectivity index (χ3v) is 5.05. The first-order valence-corrected chi connectivity index (χ1v) is 10.8. The van der Waals surface area contributed by atoms with Gasteiger partial charge in [-0.1, -0.05) is 12.1 Å². The Bertz CT molecular complexity index is 537. The van der Waals surface area contributed by atoms with Crippen molar-refractivity contribution in [2.24, 2.45) is 4.99 Å². The van der Waals surface area contributed by atoms with Crippen LogP contribution in [0.2, 0.25) is 0 Å². The second-order valence-electron chi connectivity index (χ2n) is 6.50. The molecule has 1 fully saturated rings. The SMILES string of the molecule is CCNC(=NCCCOCC1CCCO1)N(C)Cc1ccc(SC)cc1.I. The number of ether oxygens (including phenoxy) is 2. The molecule has 27 heavy (non-hydrogen) atoms. The predicted octanol–water partition coefficient (Wildman–Crippen LogP) is 4.01.